The second-order valence-corrected chi connectivity index (χ2v) is 4.96. The molecule has 0 aromatic carbocycles. The van der Waals surface area contributed by atoms with Gasteiger partial charge in [0.2, 0.25) is 0 Å². The van der Waals surface area contributed by atoms with Crippen LogP contribution < -0.4 is 0 Å². The molecule has 18 heavy (non-hydrogen) atoms. The summed E-state index contributed by atoms with van der Waals surface area (Å²) >= 11 is 3.55. The first-order valence-corrected chi connectivity index (χ1v) is 6.76. The van der Waals surface area contributed by atoms with Crippen molar-refractivity contribution in [1.29, 1.82) is 0 Å². The summed E-state index contributed by atoms with van der Waals surface area (Å²) in [5, 5.41) is 4.36. The Bertz CT molecular complexity index is 418. The maximum Gasteiger partial charge on any atom is 0.306 e. The number of aromatic nitrogens is 2. The van der Waals surface area contributed by atoms with E-state index in [1.54, 1.807) is 0 Å². The molecular weight excluding hydrogens is 298 g/mol. The van der Waals surface area contributed by atoms with Crippen LogP contribution in [0.15, 0.2) is 4.47 Å². The van der Waals surface area contributed by atoms with E-state index in [1.165, 1.54) is 7.11 Å². The van der Waals surface area contributed by atoms with Gasteiger partial charge in [-0.1, -0.05) is 6.92 Å². The van der Waals surface area contributed by atoms with E-state index in [-0.39, 0.29) is 5.97 Å². The monoisotopic (exact) mass is 317 g/mol. The Hall–Kier alpha value is -0.880. The van der Waals surface area contributed by atoms with E-state index in [9.17, 15) is 4.79 Å². The number of carbonyl (C=O) groups excluding carboxylic acids is 1. The van der Waals surface area contributed by atoms with Crippen molar-refractivity contribution in [3.63, 3.8) is 0 Å². The first-order valence-electron chi connectivity index (χ1n) is 5.96. The molecule has 0 aliphatic heterocycles. The summed E-state index contributed by atoms with van der Waals surface area (Å²) in [7, 11) is 3.35. The number of rotatable bonds is 6. The lowest BCUT2D eigenvalue weighted by Crippen LogP contribution is -2.27. The van der Waals surface area contributed by atoms with Gasteiger partial charge in [0.25, 0.3) is 0 Å². The highest BCUT2D eigenvalue weighted by molar-refractivity contribution is 9.10. The fourth-order valence-electron chi connectivity index (χ4n) is 1.76. The number of hydrogen-bond donors (Lipinski definition) is 0. The van der Waals surface area contributed by atoms with E-state index in [0.29, 0.717) is 13.0 Å². The standard InChI is InChI=1S/C12H20BrN3O2/c1-5-16(7-6-11(17)18-4)8-10-12(13)9(2)14-15(10)3/h5-8H2,1-4H3. The van der Waals surface area contributed by atoms with Gasteiger partial charge in [-0.2, -0.15) is 5.10 Å². The molecule has 0 aliphatic rings. The predicted molar refractivity (Wildman–Crippen MR) is 73.2 cm³/mol. The normalized spacial score (nSPS) is 11.0. The third kappa shape index (κ3) is 3.81. The molecule has 0 radical (unpaired) electrons. The lowest BCUT2D eigenvalue weighted by Gasteiger charge is -2.20. The Morgan fingerprint density at radius 2 is 2.22 bits per heavy atom. The van der Waals surface area contributed by atoms with Crippen LogP contribution in [0.5, 0.6) is 0 Å². The van der Waals surface area contributed by atoms with Gasteiger partial charge in [0, 0.05) is 20.1 Å². The van der Waals surface area contributed by atoms with Crippen LogP contribution in [0.2, 0.25) is 0 Å². The first kappa shape index (κ1) is 15.2. The van der Waals surface area contributed by atoms with Crippen LogP contribution in [0.1, 0.15) is 24.7 Å². The minimum Gasteiger partial charge on any atom is -0.469 e. The zero-order valence-corrected chi connectivity index (χ0v) is 13.0. The molecule has 6 heteroatoms. The molecule has 0 amide bonds. The summed E-state index contributed by atoms with van der Waals surface area (Å²) in [5.41, 5.74) is 2.11. The Labute approximate surface area is 116 Å². The highest BCUT2D eigenvalue weighted by Gasteiger charge is 2.14. The molecule has 0 atom stereocenters. The van der Waals surface area contributed by atoms with Crippen LogP contribution in [0, 0.1) is 6.92 Å². The molecule has 0 N–H and O–H groups in total. The average Bonchev–Trinajstić information content (AvgIpc) is 2.59. The van der Waals surface area contributed by atoms with Crippen LogP contribution >= 0.6 is 15.9 Å². The molecule has 0 fully saturated rings. The zero-order chi connectivity index (χ0) is 13.7. The van der Waals surface area contributed by atoms with Gasteiger partial charge in [-0.15, -0.1) is 0 Å². The number of esters is 1. The van der Waals surface area contributed by atoms with Crippen molar-refractivity contribution in [1.82, 2.24) is 14.7 Å². The van der Waals surface area contributed by atoms with Crippen molar-refractivity contribution in [2.75, 3.05) is 20.2 Å². The molecule has 0 saturated carbocycles. The fourth-order valence-corrected chi connectivity index (χ4v) is 2.23. The SMILES string of the molecule is CCN(CCC(=O)OC)Cc1c(Br)c(C)nn1C. The van der Waals surface area contributed by atoms with Gasteiger partial charge < -0.3 is 4.74 Å². The lowest BCUT2D eigenvalue weighted by atomic mass is 10.3. The number of carbonyl (C=O) groups is 1. The third-order valence-electron chi connectivity index (χ3n) is 2.94. The number of nitrogens with zero attached hydrogens (tertiary/aromatic N) is 3. The molecule has 102 valence electrons. The number of halogens is 1. The van der Waals surface area contributed by atoms with Gasteiger partial charge >= 0.3 is 5.97 Å². The average molecular weight is 318 g/mol. The quantitative estimate of drug-likeness (QED) is 0.752. The topological polar surface area (TPSA) is 47.4 Å². The van der Waals surface area contributed by atoms with Crippen molar-refractivity contribution in [2.45, 2.75) is 26.8 Å². The van der Waals surface area contributed by atoms with Crippen LogP contribution in [0.4, 0.5) is 0 Å². The minimum atomic E-state index is -0.172. The van der Waals surface area contributed by atoms with Crippen molar-refractivity contribution >= 4 is 21.9 Å². The highest BCUT2D eigenvalue weighted by Crippen LogP contribution is 2.21. The van der Waals surface area contributed by atoms with Crippen molar-refractivity contribution in [3.8, 4) is 0 Å². The number of aryl methyl sites for hydroxylation is 2. The lowest BCUT2D eigenvalue weighted by molar-refractivity contribution is -0.141. The van der Waals surface area contributed by atoms with E-state index in [1.807, 2.05) is 18.7 Å². The summed E-state index contributed by atoms with van der Waals surface area (Å²) in [6, 6.07) is 0. The van der Waals surface area contributed by atoms with Crippen LogP contribution in [0.3, 0.4) is 0 Å². The smallest absolute Gasteiger partial charge is 0.306 e. The predicted octanol–water partition coefficient (Wildman–Crippen LogP) is 1.88. The molecule has 5 nitrogen and oxygen atoms in total. The zero-order valence-electron chi connectivity index (χ0n) is 11.4. The molecule has 0 saturated heterocycles. The van der Waals surface area contributed by atoms with Crippen molar-refractivity contribution in [3.05, 3.63) is 15.9 Å². The second kappa shape index (κ2) is 6.89. The van der Waals surface area contributed by atoms with Crippen molar-refractivity contribution in [2.24, 2.45) is 7.05 Å². The Morgan fingerprint density at radius 1 is 1.56 bits per heavy atom. The number of methoxy groups -OCH3 is 1. The van der Waals surface area contributed by atoms with E-state index >= 15 is 0 Å². The van der Waals surface area contributed by atoms with E-state index in [4.69, 9.17) is 0 Å². The van der Waals surface area contributed by atoms with Crippen LogP contribution in [-0.2, 0) is 23.1 Å². The summed E-state index contributed by atoms with van der Waals surface area (Å²) < 4.78 is 7.57. The molecule has 0 spiro atoms. The maximum absolute atomic E-state index is 11.1. The van der Waals surface area contributed by atoms with Crippen LogP contribution in [-0.4, -0.2) is 40.8 Å². The highest BCUT2D eigenvalue weighted by atomic mass is 79.9. The number of hydrogen-bond acceptors (Lipinski definition) is 4. The van der Waals surface area contributed by atoms with Gasteiger partial charge in [-0.05, 0) is 29.4 Å². The van der Waals surface area contributed by atoms with Gasteiger partial charge in [0.15, 0.2) is 0 Å². The largest absolute Gasteiger partial charge is 0.469 e. The van der Waals surface area contributed by atoms with E-state index < -0.39 is 0 Å². The molecule has 0 unspecified atom stereocenters. The Balaban J connectivity index is 2.65. The van der Waals surface area contributed by atoms with E-state index in [0.717, 1.165) is 29.0 Å². The molecule has 0 aliphatic carbocycles. The molecule has 0 bridgehead atoms. The summed E-state index contributed by atoms with van der Waals surface area (Å²) in [4.78, 5) is 13.3. The Kier molecular flexibility index (Phi) is 5.81. The van der Waals surface area contributed by atoms with Gasteiger partial charge in [0.1, 0.15) is 0 Å². The fraction of sp³-hybridized carbons (Fsp3) is 0.667. The van der Waals surface area contributed by atoms with E-state index in [2.05, 4.69) is 37.6 Å². The summed E-state index contributed by atoms with van der Waals surface area (Å²) in [6.07, 6.45) is 0.415. The third-order valence-corrected chi connectivity index (χ3v) is 3.97. The van der Waals surface area contributed by atoms with Gasteiger partial charge in [0.05, 0.1) is 29.4 Å². The number of ether oxygens (including phenoxy) is 1. The minimum absolute atomic E-state index is 0.172. The molecule has 1 rings (SSSR count). The maximum atomic E-state index is 11.1. The Morgan fingerprint density at radius 3 is 2.67 bits per heavy atom. The van der Waals surface area contributed by atoms with Gasteiger partial charge in [-0.25, -0.2) is 0 Å². The second-order valence-electron chi connectivity index (χ2n) is 4.16. The summed E-state index contributed by atoms with van der Waals surface area (Å²) in [5.74, 6) is -0.172. The molecule has 1 aromatic rings. The molecule has 1 heterocycles. The van der Waals surface area contributed by atoms with Gasteiger partial charge in [-0.3, -0.25) is 14.4 Å². The summed E-state index contributed by atoms with van der Waals surface area (Å²) in [6.45, 7) is 6.39. The van der Waals surface area contributed by atoms with Crippen molar-refractivity contribution < 1.29 is 9.53 Å². The first-order chi connectivity index (χ1) is 8.49. The molecular formula is C12H20BrN3O2. The van der Waals surface area contributed by atoms with Crippen LogP contribution in [0.25, 0.3) is 0 Å². The molecule has 1 aromatic heterocycles.